The first-order valence-electron chi connectivity index (χ1n) is 0. The molecule has 0 aromatic carbocycles. The summed E-state index contributed by atoms with van der Waals surface area (Å²) in [4.78, 5) is 0. The van der Waals surface area contributed by atoms with Crippen molar-refractivity contribution in [3.63, 3.8) is 0 Å². The molecule has 0 fully saturated rings. The van der Waals surface area contributed by atoms with Crippen molar-refractivity contribution >= 4 is 19.8 Å². The summed E-state index contributed by atoms with van der Waals surface area (Å²) >= 11 is 0. The van der Waals surface area contributed by atoms with Crippen LogP contribution in [0.3, 0.4) is 0 Å². The summed E-state index contributed by atoms with van der Waals surface area (Å²) in [5, 5.41) is 0. The molecule has 22 valence electrons. The van der Waals surface area contributed by atoms with Gasteiger partial charge in [0.15, 0.2) is 0 Å². The van der Waals surface area contributed by atoms with Crippen molar-refractivity contribution in [3.05, 3.63) is 0 Å². The van der Waals surface area contributed by atoms with Gasteiger partial charge in [0.25, 0.3) is 0 Å². The van der Waals surface area contributed by atoms with Crippen LogP contribution in [0.1, 0.15) is 0 Å². The van der Waals surface area contributed by atoms with Gasteiger partial charge in [0, 0.05) is 65.4 Å². The molecule has 0 heterocycles. The van der Waals surface area contributed by atoms with Crippen molar-refractivity contribution in [1.29, 1.82) is 0 Å². The SMILES string of the molecule is P.P.[Y].[Y]. The van der Waals surface area contributed by atoms with Crippen LogP contribution in [-0.4, -0.2) is 0 Å². The van der Waals surface area contributed by atoms with Gasteiger partial charge in [0.2, 0.25) is 0 Å². The summed E-state index contributed by atoms with van der Waals surface area (Å²) < 4.78 is 0. The van der Waals surface area contributed by atoms with Gasteiger partial charge < -0.3 is 0 Å². The largest absolute Gasteiger partial charge is 0.153 e. The van der Waals surface area contributed by atoms with Crippen LogP contribution < -0.4 is 0 Å². The van der Waals surface area contributed by atoms with Gasteiger partial charge >= 0.3 is 0 Å². The molecular weight excluding hydrogens is 240 g/mol. The first-order valence-corrected chi connectivity index (χ1v) is 0. The van der Waals surface area contributed by atoms with Crippen LogP contribution in [-0.2, 0) is 65.4 Å². The molecule has 0 saturated heterocycles. The van der Waals surface area contributed by atoms with Gasteiger partial charge in [-0.25, -0.2) is 0 Å². The van der Waals surface area contributed by atoms with Crippen molar-refractivity contribution in [2.75, 3.05) is 0 Å². The Bertz CT molecular complexity index is 4.00. The quantitative estimate of drug-likeness (QED) is 0.532. The minimum atomic E-state index is 0. The zero-order valence-corrected chi connectivity index (χ0v) is 11.1. The van der Waals surface area contributed by atoms with Crippen LogP contribution in [0.4, 0.5) is 0 Å². The molecule has 2 atom stereocenters. The summed E-state index contributed by atoms with van der Waals surface area (Å²) in [6, 6.07) is 0. The Morgan fingerprint density at radius 1 is 0.500 bits per heavy atom. The molecule has 0 amide bonds. The molecule has 4 heavy (non-hydrogen) atoms. The third kappa shape index (κ3) is 8.91. The smallest absolute Gasteiger partial charge is 0 e. The van der Waals surface area contributed by atoms with Crippen LogP contribution in [0.15, 0.2) is 0 Å². The molecule has 0 nitrogen and oxygen atoms in total. The van der Waals surface area contributed by atoms with Gasteiger partial charge in [0.05, 0.1) is 0 Å². The van der Waals surface area contributed by atoms with Crippen LogP contribution in [0.2, 0.25) is 0 Å². The molecule has 0 N–H and O–H groups in total. The van der Waals surface area contributed by atoms with Crippen molar-refractivity contribution in [1.82, 2.24) is 0 Å². The van der Waals surface area contributed by atoms with E-state index in [-0.39, 0.29) is 85.2 Å². The van der Waals surface area contributed by atoms with Crippen molar-refractivity contribution in [2.45, 2.75) is 0 Å². The second-order valence-electron chi connectivity index (χ2n) is 0. The zero-order chi connectivity index (χ0) is 0. The molecule has 0 aromatic rings. The van der Waals surface area contributed by atoms with E-state index >= 15 is 0 Å². The van der Waals surface area contributed by atoms with Gasteiger partial charge in [-0.3, -0.25) is 0 Å². The van der Waals surface area contributed by atoms with E-state index in [4.69, 9.17) is 0 Å². The van der Waals surface area contributed by atoms with Gasteiger partial charge in [0.1, 0.15) is 0 Å². The molecular formula is H6P2Y2. The van der Waals surface area contributed by atoms with Crippen LogP contribution in [0, 0.1) is 0 Å². The average molecular weight is 246 g/mol. The molecule has 0 spiro atoms. The van der Waals surface area contributed by atoms with E-state index in [0.29, 0.717) is 0 Å². The summed E-state index contributed by atoms with van der Waals surface area (Å²) in [5.74, 6) is 0. The molecule has 0 aliphatic heterocycles. The fourth-order valence-electron chi connectivity index (χ4n) is 0. The number of rotatable bonds is 0. The van der Waals surface area contributed by atoms with Crippen molar-refractivity contribution < 1.29 is 65.4 Å². The molecule has 0 aromatic heterocycles. The summed E-state index contributed by atoms with van der Waals surface area (Å²) in [6.45, 7) is 0. The van der Waals surface area contributed by atoms with Crippen molar-refractivity contribution in [3.8, 4) is 0 Å². The van der Waals surface area contributed by atoms with E-state index in [1.807, 2.05) is 0 Å². The van der Waals surface area contributed by atoms with Crippen molar-refractivity contribution in [2.24, 2.45) is 0 Å². The van der Waals surface area contributed by atoms with Gasteiger partial charge in [-0.1, -0.05) is 0 Å². The Balaban J connectivity index is 0. The number of hydrogen-bond acceptors (Lipinski definition) is 0. The zero-order valence-electron chi connectivity index (χ0n) is 2.57. The molecule has 0 bridgehead atoms. The number of hydrogen-bond donors (Lipinski definition) is 0. The molecule has 0 saturated carbocycles. The maximum absolute atomic E-state index is 0. The fourth-order valence-corrected chi connectivity index (χ4v) is 0. The summed E-state index contributed by atoms with van der Waals surface area (Å²) in [7, 11) is 0. The second-order valence-corrected chi connectivity index (χ2v) is 0. The van der Waals surface area contributed by atoms with Gasteiger partial charge in [-0.05, 0) is 0 Å². The fraction of sp³-hybridized carbons (Fsp3) is 0. The van der Waals surface area contributed by atoms with E-state index < -0.39 is 0 Å². The molecule has 2 unspecified atom stereocenters. The summed E-state index contributed by atoms with van der Waals surface area (Å²) in [5.41, 5.74) is 0. The van der Waals surface area contributed by atoms with Gasteiger partial charge in [-0.2, -0.15) is 19.8 Å². The van der Waals surface area contributed by atoms with E-state index in [9.17, 15) is 0 Å². The molecule has 0 rings (SSSR count). The van der Waals surface area contributed by atoms with E-state index in [1.165, 1.54) is 0 Å². The van der Waals surface area contributed by atoms with Crippen LogP contribution in [0.5, 0.6) is 0 Å². The van der Waals surface area contributed by atoms with Crippen LogP contribution >= 0.6 is 19.8 Å². The first kappa shape index (κ1) is 27.6. The molecule has 0 aliphatic carbocycles. The second kappa shape index (κ2) is 16.6. The average Bonchev–Trinajstić information content (AvgIpc) is 0. The molecule has 0 aliphatic rings. The minimum absolute atomic E-state index is 0. The predicted molar refractivity (Wildman–Crippen MR) is 22.2 cm³/mol. The van der Waals surface area contributed by atoms with Crippen LogP contribution in [0.25, 0.3) is 0 Å². The van der Waals surface area contributed by atoms with E-state index in [0.717, 1.165) is 0 Å². The molecule has 2 radical (unpaired) electrons. The third-order valence-corrected chi connectivity index (χ3v) is 0. The first-order chi connectivity index (χ1) is 0. The third-order valence-electron chi connectivity index (χ3n) is 0. The standard InChI is InChI=1S/2H3P.2Y/h2*1H3;;. The Hall–Kier alpha value is 3.07. The summed E-state index contributed by atoms with van der Waals surface area (Å²) in [6.07, 6.45) is 0. The Morgan fingerprint density at radius 3 is 0.500 bits per heavy atom. The van der Waals surface area contributed by atoms with E-state index in [1.54, 1.807) is 0 Å². The monoisotopic (exact) mass is 246 g/mol. The normalized spacial score (nSPS) is 0. The molecule has 4 heteroatoms. The Kier molecular flexibility index (Phi) is 114. The maximum atomic E-state index is 0. The van der Waals surface area contributed by atoms with E-state index in [2.05, 4.69) is 0 Å². The minimum Gasteiger partial charge on any atom is -0.153 e. The predicted octanol–water partition coefficient (Wildman–Crippen LogP) is 0.111. The van der Waals surface area contributed by atoms with Gasteiger partial charge in [-0.15, -0.1) is 0 Å². The Labute approximate surface area is 83.6 Å². The topological polar surface area (TPSA) is 0 Å². The Morgan fingerprint density at radius 2 is 0.500 bits per heavy atom. The maximum Gasteiger partial charge on any atom is 0 e.